The van der Waals surface area contributed by atoms with Crippen LogP contribution in [0.15, 0.2) is 53.4 Å². The zero-order valence-electron chi connectivity index (χ0n) is 11.6. The molecule has 0 heterocycles. The number of carbonyl (C=O) groups excluding carboxylic acids is 1. The molecule has 0 aliphatic carbocycles. The molecule has 2 rings (SSSR count). The minimum Gasteiger partial charge on any atom is -0.465 e. The Kier molecular flexibility index (Phi) is 5.53. The number of benzene rings is 2. The third-order valence-corrected chi connectivity index (χ3v) is 4.54. The summed E-state index contributed by atoms with van der Waals surface area (Å²) in [5, 5.41) is 0.0810. The smallest absolute Gasteiger partial charge is 0.323 e. The zero-order chi connectivity index (χ0) is 15.2. The maximum absolute atomic E-state index is 12.2. The number of anilines is 1. The van der Waals surface area contributed by atoms with Crippen LogP contribution >= 0.6 is 23.4 Å². The number of rotatable bonds is 5. The van der Waals surface area contributed by atoms with E-state index < -0.39 is 5.25 Å². The summed E-state index contributed by atoms with van der Waals surface area (Å²) in [6, 6.07) is 14.8. The topological polar surface area (TPSA) is 52.3 Å². The second-order valence-corrected chi connectivity index (χ2v) is 5.90. The zero-order valence-corrected chi connectivity index (χ0v) is 13.2. The second-order valence-electron chi connectivity index (χ2n) is 4.35. The standard InChI is InChI=1S/C16H16ClNO2S/c1-2-20-16(19)15(11-6-4-3-5-7-11)21-14-9-8-12(18)10-13(14)17/h3-10,15H,2,18H2,1H3. The van der Waals surface area contributed by atoms with Crippen LogP contribution in [0.5, 0.6) is 0 Å². The van der Waals surface area contributed by atoms with Crippen LogP contribution in [0, 0.1) is 0 Å². The molecule has 0 spiro atoms. The van der Waals surface area contributed by atoms with Gasteiger partial charge in [0.15, 0.2) is 0 Å². The van der Waals surface area contributed by atoms with E-state index >= 15 is 0 Å². The van der Waals surface area contributed by atoms with Gasteiger partial charge in [-0.3, -0.25) is 4.79 Å². The lowest BCUT2D eigenvalue weighted by molar-refractivity contribution is -0.142. The van der Waals surface area contributed by atoms with Gasteiger partial charge < -0.3 is 10.5 Å². The van der Waals surface area contributed by atoms with Gasteiger partial charge in [-0.25, -0.2) is 0 Å². The maximum Gasteiger partial charge on any atom is 0.323 e. The van der Waals surface area contributed by atoms with Gasteiger partial charge in [0.2, 0.25) is 0 Å². The van der Waals surface area contributed by atoms with E-state index in [1.54, 1.807) is 19.1 Å². The van der Waals surface area contributed by atoms with Crippen LogP contribution in [0.2, 0.25) is 5.02 Å². The molecule has 0 radical (unpaired) electrons. The van der Waals surface area contributed by atoms with Crippen LogP contribution in [0.25, 0.3) is 0 Å². The van der Waals surface area contributed by atoms with Crippen LogP contribution in [0.3, 0.4) is 0 Å². The Morgan fingerprint density at radius 3 is 2.62 bits per heavy atom. The van der Waals surface area contributed by atoms with Crippen LogP contribution in [0.4, 0.5) is 5.69 Å². The highest BCUT2D eigenvalue weighted by Gasteiger charge is 2.24. The number of hydrogen-bond donors (Lipinski definition) is 1. The predicted molar refractivity (Wildman–Crippen MR) is 87.5 cm³/mol. The summed E-state index contributed by atoms with van der Waals surface area (Å²) in [7, 11) is 0. The molecular weight excluding hydrogens is 306 g/mol. The van der Waals surface area contributed by atoms with E-state index in [9.17, 15) is 4.79 Å². The van der Waals surface area contributed by atoms with Crippen molar-refractivity contribution in [2.24, 2.45) is 0 Å². The molecule has 5 heteroatoms. The fourth-order valence-electron chi connectivity index (χ4n) is 1.84. The Labute approximate surface area is 133 Å². The quantitative estimate of drug-likeness (QED) is 0.506. The summed E-state index contributed by atoms with van der Waals surface area (Å²) in [5.41, 5.74) is 7.17. The largest absolute Gasteiger partial charge is 0.465 e. The lowest BCUT2D eigenvalue weighted by Gasteiger charge is -2.16. The molecule has 2 aromatic carbocycles. The fraction of sp³-hybridized carbons (Fsp3) is 0.188. The van der Waals surface area contributed by atoms with Crippen molar-refractivity contribution in [2.75, 3.05) is 12.3 Å². The lowest BCUT2D eigenvalue weighted by atomic mass is 10.1. The first-order valence-electron chi connectivity index (χ1n) is 6.55. The first kappa shape index (κ1) is 15.7. The Bertz CT molecular complexity index is 619. The van der Waals surface area contributed by atoms with E-state index in [1.165, 1.54) is 11.8 Å². The van der Waals surface area contributed by atoms with Gasteiger partial charge in [0, 0.05) is 10.6 Å². The summed E-state index contributed by atoms with van der Waals surface area (Å²) in [4.78, 5) is 13.0. The minimum atomic E-state index is -0.452. The summed E-state index contributed by atoms with van der Waals surface area (Å²) in [5.74, 6) is -0.276. The Balaban J connectivity index is 2.30. The summed E-state index contributed by atoms with van der Waals surface area (Å²) < 4.78 is 5.17. The number of esters is 1. The molecule has 0 bridgehead atoms. The van der Waals surface area contributed by atoms with E-state index in [0.29, 0.717) is 17.3 Å². The highest BCUT2D eigenvalue weighted by atomic mass is 35.5. The Morgan fingerprint density at radius 1 is 1.29 bits per heavy atom. The van der Waals surface area contributed by atoms with Crippen molar-refractivity contribution in [1.29, 1.82) is 0 Å². The molecule has 110 valence electrons. The van der Waals surface area contributed by atoms with Crippen molar-refractivity contribution >= 4 is 35.0 Å². The molecule has 3 nitrogen and oxygen atoms in total. The summed E-state index contributed by atoms with van der Waals surface area (Å²) in [6.07, 6.45) is 0. The first-order chi connectivity index (χ1) is 10.1. The maximum atomic E-state index is 12.2. The summed E-state index contributed by atoms with van der Waals surface area (Å²) >= 11 is 7.55. The Morgan fingerprint density at radius 2 is 2.00 bits per heavy atom. The average Bonchev–Trinajstić information content (AvgIpc) is 2.47. The average molecular weight is 322 g/mol. The van der Waals surface area contributed by atoms with Gasteiger partial charge in [0.1, 0.15) is 5.25 Å². The van der Waals surface area contributed by atoms with Gasteiger partial charge >= 0.3 is 5.97 Å². The van der Waals surface area contributed by atoms with Gasteiger partial charge in [-0.2, -0.15) is 0 Å². The number of ether oxygens (including phenoxy) is 1. The molecule has 0 saturated carbocycles. The molecule has 21 heavy (non-hydrogen) atoms. The summed E-state index contributed by atoms with van der Waals surface area (Å²) in [6.45, 7) is 2.14. The monoisotopic (exact) mass is 321 g/mol. The lowest BCUT2D eigenvalue weighted by Crippen LogP contribution is -2.13. The number of nitrogens with two attached hydrogens (primary N) is 1. The van der Waals surface area contributed by atoms with Crippen molar-refractivity contribution in [3.05, 3.63) is 59.1 Å². The first-order valence-corrected chi connectivity index (χ1v) is 7.81. The third kappa shape index (κ3) is 4.16. The van der Waals surface area contributed by atoms with Gasteiger partial charge in [-0.05, 0) is 30.7 Å². The molecule has 0 fully saturated rings. The molecule has 0 saturated heterocycles. The number of nitrogen functional groups attached to an aromatic ring is 1. The molecule has 1 atom stereocenters. The molecule has 0 aliphatic heterocycles. The predicted octanol–water partition coefficient (Wildman–Crippen LogP) is 4.32. The van der Waals surface area contributed by atoms with E-state index in [0.717, 1.165) is 10.5 Å². The third-order valence-electron chi connectivity index (χ3n) is 2.80. The van der Waals surface area contributed by atoms with Gasteiger partial charge in [-0.15, -0.1) is 11.8 Å². The van der Waals surface area contributed by atoms with Crippen molar-refractivity contribution in [3.63, 3.8) is 0 Å². The van der Waals surface area contributed by atoms with Crippen LogP contribution in [0.1, 0.15) is 17.7 Å². The molecule has 0 amide bonds. The fourth-order valence-corrected chi connectivity index (χ4v) is 3.19. The van der Waals surface area contributed by atoms with Crippen molar-refractivity contribution in [1.82, 2.24) is 0 Å². The highest BCUT2D eigenvalue weighted by molar-refractivity contribution is 8.00. The number of hydrogen-bond acceptors (Lipinski definition) is 4. The van der Waals surface area contributed by atoms with Crippen molar-refractivity contribution < 1.29 is 9.53 Å². The highest BCUT2D eigenvalue weighted by Crippen LogP contribution is 2.40. The number of carbonyl (C=O) groups is 1. The second kappa shape index (κ2) is 7.38. The SMILES string of the molecule is CCOC(=O)C(Sc1ccc(N)cc1Cl)c1ccccc1. The molecule has 0 aromatic heterocycles. The van der Waals surface area contributed by atoms with Gasteiger partial charge in [-0.1, -0.05) is 41.9 Å². The minimum absolute atomic E-state index is 0.276. The van der Waals surface area contributed by atoms with Crippen molar-refractivity contribution in [2.45, 2.75) is 17.1 Å². The van der Waals surface area contributed by atoms with Crippen LogP contribution < -0.4 is 5.73 Å². The van der Waals surface area contributed by atoms with Gasteiger partial charge in [0.25, 0.3) is 0 Å². The normalized spacial score (nSPS) is 11.9. The number of thioether (sulfide) groups is 1. The van der Waals surface area contributed by atoms with Crippen molar-refractivity contribution in [3.8, 4) is 0 Å². The molecule has 1 unspecified atom stereocenters. The van der Waals surface area contributed by atoms with Crippen LogP contribution in [-0.2, 0) is 9.53 Å². The molecular formula is C16H16ClNO2S. The van der Waals surface area contributed by atoms with Crippen LogP contribution in [-0.4, -0.2) is 12.6 Å². The van der Waals surface area contributed by atoms with E-state index in [4.69, 9.17) is 22.1 Å². The molecule has 0 aliphatic rings. The van der Waals surface area contributed by atoms with Gasteiger partial charge in [0.05, 0.1) is 11.6 Å². The van der Waals surface area contributed by atoms with E-state index in [-0.39, 0.29) is 5.97 Å². The van der Waals surface area contributed by atoms with E-state index in [1.807, 2.05) is 36.4 Å². The number of halogens is 1. The Hall–Kier alpha value is -1.65. The molecule has 2 N–H and O–H groups in total. The molecule has 2 aromatic rings. The van der Waals surface area contributed by atoms with E-state index in [2.05, 4.69) is 0 Å².